The first-order valence-electron chi connectivity index (χ1n) is 10.1. The Balaban J connectivity index is 1.72. The lowest BCUT2D eigenvalue weighted by Crippen LogP contribution is -2.28. The second-order valence-electron chi connectivity index (χ2n) is 8.19. The van der Waals surface area contributed by atoms with Crippen molar-refractivity contribution in [2.45, 2.75) is 52.1 Å². The van der Waals surface area contributed by atoms with E-state index in [1.165, 1.54) is 18.4 Å². The standard InChI is InChI=1S/C21H30N6/c1-13-4-7-16(10-14(13)2)19-18-11-24-21(23-3)25-20(18)27(26-19)12-15-5-8-17(22)9-6-15/h4,7,10-11,13-15,17H,5-6,8-9,12,22H2,1-3H3,(H,23,24,25). The molecule has 2 aromatic rings. The van der Waals surface area contributed by atoms with Gasteiger partial charge >= 0.3 is 0 Å². The van der Waals surface area contributed by atoms with Crippen molar-refractivity contribution in [1.82, 2.24) is 19.7 Å². The quantitative estimate of drug-likeness (QED) is 0.864. The molecule has 0 aromatic carbocycles. The molecule has 144 valence electrons. The van der Waals surface area contributed by atoms with Gasteiger partial charge in [-0.15, -0.1) is 0 Å². The van der Waals surface area contributed by atoms with Gasteiger partial charge in [0.15, 0.2) is 5.65 Å². The van der Waals surface area contributed by atoms with Crippen LogP contribution in [0.5, 0.6) is 0 Å². The van der Waals surface area contributed by atoms with Crippen LogP contribution in [0, 0.1) is 17.8 Å². The van der Waals surface area contributed by atoms with E-state index in [4.69, 9.17) is 15.8 Å². The van der Waals surface area contributed by atoms with Crippen molar-refractivity contribution >= 4 is 22.6 Å². The van der Waals surface area contributed by atoms with Gasteiger partial charge in [0.05, 0.1) is 5.39 Å². The van der Waals surface area contributed by atoms with E-state index in [-0.39, 0.29) is 0 Å². The summed E-state index contributed by atoms with van der Waals surface area (Å²) >= 11 is 0. The molecule has 6 heteroatoms. The SMILES string of the molecule is CNc1ncc2c(C3=CC(C)C(C)C=C3)nn(CC3CCC(N)CC3)c2n1. The van der Waals surface area contributed by atoms with Gasteiger partial charge in [-0.1, -0.05) is 32.1 Å². The van der Waals surface area contributed by atoms with Crippen molar-refractivity contribution in [1.29, 1.82) is 0 Å². The summed E-state index contributed by atoms with van der Waals surface area (Å²) in [5.74, 6) is 2.31. The van der Waals surface area contributed by atoms with Crippen molar-refractivity contribution in [3.63, 3.8) is 0 Å². The van der Waals surface area contributed by atoms with Crippen molar-refractivity contribution in [2.24, 2.45) is 23.5 Å². The Hall–Kier alpha value is -2.21. The smallest absolute Gasteiger partial charge is 0.224 e. The van der Waals surface area contributed by atoms with E-state index in [0.29, 0.717) is 29.7 Å². The molecule has 1 saturated carbocycles. The summed E-state index contributed by atoms with van der Waals surface area (Å²) in [5, 5.41) is 9.07. The summed E-state index contributed by atoms with van der Waals surface area (Å²) < 4.78 is 2.09. The van der Waals surface area contributed by atoms with Crippen molar-refractivity contribution in [3.8, 4) is 0 Å². The first-order chi connectivity index (χ1) is 13.0. The second-order valence-corrected chi connectivity index (χ2v) is 8.19. The van der Waals surface area contributed by atoms with Crippen molar-refractivity contribution in [2.75, 3.05) is 12.4 Å². The number of nitrogens with zero attached hydrogens (tertiary/aromatic N) is 4. The lowest BCUT2D eigenvalue weighted by molar-refractivity contribution is 0.288. The first kappa shape index (κ1) is 18.2. The minimum Gasteiger partial charge on any atom is -0.357 e. The molecule has 1 fully saturated rings. The van der Waals surface area contributed by atoms with Gasteiger partial charge in [-0.3, -0.25) is 0 Å². The Labute approximate surface area is 160 Å². The van der Waals surface area contributed by atoms with Crippen LogP contribution in [-0.4, -0.2) is 32.8 Å². The van der Waals surface area contributed by atoms with Crippen LogP contribution in [0.25, 0.3) is 16.6 Å². The molecular weight excluding hydrogens is 336 g/mol. The van der Waals surface area contributed by atoms with Gasteiger partial charge < -0.3 is 11.1 Å². The summed E-state index contributed by atoms with van der Waals surface area (Å²) in [7, 11) is 1.85. The van der Waals surface area contributed by atoms with Crippen LogP contribution in [0.4, 0.5) is 5.95 Å². The summed E-state index contributed by atoms with van der Waals surface area (Å²) in [4.78, 5) is 9.17. The lowest BCUT2D eigenvalue weighted by atomic mass is 9.86. The molecular formula is C21H30N6. The highest BCUT2D eigenvalue weighted by molar-refractivity contribution is 5.91. The van der Waals surface area contributed by atoms with Crippen LogP contribution in [0.1, 0.15) is 45.2 Å². The van der Waals surface area contributed by atoms with Crippen LogP contribution in [0.3, 0.4) is 0 Å². The van der Waals surface area contributed by atoms with Crippen molar-refractivity contribution in [3.05, 3.63) is 30.1 Å². The Morgan fingerprint density at radius 1 is 1.19 bits per heavy atom. The van der Waals surface area contributed by atoms with Crippen LogP contribution < -0.4 is 11.1 Å². The van der Waals surface area contributed by atoms with Gasteiger partial charge in [0, 0.05) is 25.8 Å². The van der Waals surface area contributed by atoms with E-state index < -0.39 is 0 Å². The second kappa shape index (κ2) is 7.43. The maximum Gasteiger partial charge on any atom is 0.224 e. The molecule has 6 nitrogen and oxygen atoms in total. The van der Waals surface area contributed by atoms with Crippen molar-refractivity contribution < 1.29 is 0 Å². The van der Waals surface area contributed by atoms with Gasteiger partial charge in [-0.2, -0.15) is 10.1 Å². The van der Waals surface area contributed by atoms with E-state index in [0.717, 1.165) is 36.1 Å². The number of hydrogen-bond acceptors (Lipinski definition) is 5. The van der Waals surface area contributed by atoms with Crippen LogP contribution >= 0.6 is 0 Å². The molecule has 0 aliphatic heterocycles. The number of allylic oxidation sites excluding steroid dienone is 4. The van der Waals surface area contributed by atoms with Crippen LogP contribution in [0.15, 0.2) is 24.4 Å². The van der Waals surface area contributed by atoms with E-state index in [9.17, 15) is 0 Å². The van der Waals surface area contributed by atoms with Gasteiger partial charge in [0.25, 0.3) is 0 Å². The maximum absolute atomic E-state index is 6.08. The lowest BCUT2D eigenvalue weighted by Gasteiger charge is -2.25. The van der Waals surface area contributed by atoms with Gasteiger partial charge in [0.2, 0.25) is 5.95 Å². The number of rotatable bonds is 4. The number of nitrogens with two attached hydrogens (primary N) is 1. The highest BCUT2D eigenvalue weighted by atomic mass is 15.3. The molecule has 0 bridgehead atoms. The van der Waals surface area contributed by atoms with E-state index in [1.54, 1.807) is 0 Å². The first-order valence-corrected chi connectivity index (χ1v) is 10.1. The Bertz CT molecular complexity index is 872. The normalized spacial score (nSPS) is 28.4. The Morgan fingerprint density at radius 2 is 1.96 bits per heavy atom. The minimum absolute atomic E-state index is 0.366. The molecule has 2 atom stereocenters. The number of hydrogen-bond donors (Lipinski definition) is 2. The molecule has 0 amide bonds. The fourth-order valence-electron chi connectivity index (χ4n) is 4.11. The molecule has 2 aliphatic rings. The third kappa shape index (κ3) is 3.63. The molecule has 0 radical (unpaired) electrons. The molecule has 2 aliphatic carbocycles. The van der Waals surface area contributed by atoms with Crippen LogP contribution in [0.2, 0.25) is 0 Å². The summed E-state index contributed by atoms with van der Waals surface area (Å²) in [6, 6.07) is 0.366. The highest BCUT2D eigenvalue weighted by Gasteiger charge is 2.23. The predicted molar refractivity (Wildman–Crippen MR) is 110 cm³/mol. The number of anilines is 1. The van der Waals surface area contributed by atoms with E-state index in [2.05, 4.69) is 47.1 Å². The number of aromatic nitrogens is 4. The average molecular weight is 367 g/mol. The van der Waals surface area contributed by atoms with Gasteiger partial charge in [-0.05, 0) is 49.0 Å². The molecule has 4 rings (SSSR count). The third-order valence-corrected chi connectivity index (χ3v) is 6.16. The fourth-order valence-corrected chi connectivity index (χ4v) is 4.11. The molecule has 2 heterocycles. The van der Waals surface area contributed by atoms with E-state index >= 15 is 0 Å². The number of nitrogens with one attached hydrogen (secondary N) is 1. The molecule has 3 N–H and O–H groups in total. The molecule has 2 unspecified atom stereocenters. The van der Waals surface area contributed by atoms with E-state index in [1.807, 2.05) is 13.2 Å². The average Bonchev–Trinajstić information content (AvgIpc) is 3.03. The monoisotopic (exact) mass is 366 g/mol. The highest BCUT2D eigenvalue weighted by Crippen LogP contribution is 2.32. The maximum atomic E-state index is 6.08. The predicted octanol–water partition coefficient (Wildman–Crippen LogP) is 3.61. The topological polar surface area (TPSA) is 81.7 Å². The zero-order valence-corrected chi connectivity index (χ0v) is 16.5. The molecule has 27 heavy (non-hydrogen) atoms. The summed E-state index contributed by atoms with van der Waals surface area (Å²) in [6.45, 7) is 5.40. The number of fused-ring (bicyclic) bond motifs is 1. The molecule has 2 aromatic heterocycles. The molecule has 0 spiro atoms. The third-order valence-electron chi connectivity index (χ3n) is 6.16. The summed E-state index contributed by atoms with van der Waals surface area (Å²) in [6.07, 6.45) is 13.2. The minimum atomic E-state index is 0.366. The zero-order valence-electron chi connectivity index (χ0n) is 16.5. The summed E-state index contributed by atoms with van der Waals surface area (Å²) in [5.41, 5.74) is 9.17. The van der Waals surface area contributed by atoms with Gasteiger partial charge in [0.1, 0.15) is 5.69 Å². The van der Waals surface area contributed by atoms with Gasteiger partial charge in [-0.25, -0.2) is 9.67 Å². The largest absolute Gasteiger partial charge is 0.357 e. The molecule has 0 saturated heterocycles. The zero-order chi connectivity index (χ0) is 19.0. The Kier molecular flexibility index (Phi) is 5.00. The Morgan fingerprint density at radius 3 is 2.67 bits per heavy atom. The fraction of sp³-hybridized carbons (Fsp3) is 0.571. The van der Waals surface area contributed by atoms with Crippen LogP contribution in [-0.2, 0) is 6.54 Å².